The maximum absolute atomic E-state index is 12.1. The van der Waals surface area contributed by atoms with E-state index in [9.17, 15) is 4.79 Å². The Kier molecular flexibility index (Phi) is 4.31. The van der Waals surface area contributed by atoms with Gasteiger partial charge in [0.25, 0.3) is 0 Å². The number of nitrogens with one attached hydrogen (secondary N) is 2. The summed E-state index contributed by atoms with van der Waals surface area (Å²) in [6.07, 6.45) is 1.34. The summed E-state index contributed by atoms with van der Waals surface area (Å²) in [5.41, 5.74) is 2.28. The van der Waals surface area contributed by atoms with E-state index in [1.807, 2.05) is 37.3 Å². The number of hydrogen-bond donors (Lipinski definition) is 2. The Balaban J connectivity index is 1.60. The molecule has 1 aliphatic heterocycles. The average molecular weight is 301 g/mol. The summed E-state index contributed by atoms with van der Waals surface area (Å²) in [6.45, 7) is 3.87. The topological polar surface area (TPSA) is 54.0 Å². The summed E-state index contributed by atoms with van der Waals surface area (Å²) in [5.74, 6) is 0.0328. The Morgan fingerprint density at radius 3 is 3.00 bits per heavy atom. The second kappa shape index (κ2) is 6.37. The van der Waals surface area contributed by atoms with E-state index >= 15 is 0 Å². The predicted molar refractivity (Wildman–Crippen MR) is 84.2 cm³/mol. The summed E-state index contributed by atoms with van der Waals surface area (Å²) in [7, 11) is 0. The van der Waals surface area contributed by atoms with Crippen LogP contribution in [0.1, 0.15) is 34.1 Å². The number of carbonyl (C=O) groups is 1. The van der Waals surface area contributed by atoms with Gasteiger partial charge in [-0.15, -0.1) is 11.3 Å². The van der Waals surface area contributed by atoms with E-state index in [4.69, 9.17) is 0 Å². The predicted octanol–water partition coefficient (Wildman–Crippen LogP) is 2.21. The van der Waals surface area contributed by atoms with Crippen molar-refractivity contribution in [2.24, 2.45) is 0 Å². The molecule has 3 rings (SSSR count). The quantitative estimate of drug-likeness (QED) is 0.910. The molecular weight excluding hydrogens is 282 g/mol. The normalized spacial score (nSPS) is 15.3. The molecule has 4 nitrogen and oxygen atoms in total. The number of thiazole rings is 1. The van der Waals surface area contributed by atoms with Crippen molar-refractivity contribution in [2.45, 2.75) is 32.4 Å². The van der Waals surface area contributed by atoms with Gasteiger partial charge in [-0.3, -0.25) is 4.79 Å². The minimum absolute atomic E-state index is 0.0231. The number of hydrogen-bond acceptors (Lipinski definition) is 4. The van der Waals surface area contributed by atoms with Crippen LogP contribution in [-0.2, 0) is 24.2 Å². The van der Waals surface area contributed by atoms with Crippen LogP contribution in [0.3, 0.4) is 0 Å². The minimum Gasteiger partial charge on any atom is -0.349 e. The Morgan fingerprint density at radius 2 is 2.24 bits per heavy atom. The van der Waals surface area contributed by atoms with Gasteiger partial charge in [-0.1, -0.05) is 30.3 Å². The number of benzene rings is 1. The molecule has 1 aromatic carbocycles. The van der Waals surface area contributed by atoms with Crippen LogP contribution in [0.15, 0.2) is 30.3 Å². The molecule has 1 aliphatic rings. The molecule has 21 heavy (non-hydrogen) atoms. The lowest BCUT2D eigenvalue weighted by molar-refractivity contribution is -0.121. The molecule has 2 N–H and O–H groups in total. The van der Waals surface area contributed by atoms with Gasteiger partial charge in [-0.25, -0.2) is 4.98 Å². The molecule has 0 spiro atoms. The fourth-order valence-corrected chi connectivity index (χ4v) is 3.59. The number of aromatic nitrogens is 1. The van der Waals surface area contributed by atoms with Crippen molar-refractivity contribution in [3.63, 3.8) is 0 Å². The van der Waals surface area contributed by atoms with Gasteiger partial charge in [-0.05, 0) is 12.5 Å². The maximum Gasteiger partial charge on any atom is 0.227 e. The molecule has 5 heteroatoms. The lowest BCUT2D eigenvalue weighted by Crippen LogP contribution is -2.28. The summed E-state index contributed by atoms with van der Waals surface area (Å²) in [4.78, 5) is 18.0. The monoisotopic (exact) mass is 301 g/mol. The molecule has 0 saturated carbocycles. The van der Waals surface area contributed by atoms with Gasteiger partial charge in [-0.2, -0.15) is 0 Å². The van der Waals surface area contributed by atoms with Gasteiger partial charge in [0.2, 0.25) is 5.91 Å². The first-order valence-electron chi connectivity index (χ1n) is 7.25. The number of fused-ring (bicyclic) bond motifs is 1. The first-order valence-corrected chi connectivity index (χ1v) is 8.06. The third kappa shape index (κ3) is 3.49. The third-order valence-corrected chi connectivity index (χ3v) is 4.73. The lowest BCUT2D eigenvalue weighted by atomic mass is 10.1. The number of carbonyl (C=O) groups excluding carboxylic acids is 1. The second-order valence-electron chi connectivity index (χ2n) is 5.28. The molecule has 110 valence electrons. The highest BCUT2D eigenvalue weighted by atomic mass is 32.1. The maximum atomic E-state index is 12.1. The van der Waals surface area contributed by atoms with Crippen molar-refractivity contribution in [3.8, 4) is 0 Å². The zero-order valence-corrected chi connectivity index (χ0v) is 12.9. The van der Waals surface area contributed by atoms with E-state index in [1.165, 1.54) is 4.88 Å². The Morgan fingerprint density at radius 1 is 1.43 bits per heavy atom. The van der Waals surface area contributed by atoms with Crippen LogP contribution in [0.4, 0.5) is 0 Å². The molecule has 2 heterocycles. The van der Waals surface area contributed by atoms with Gasteiger partial charge in [0.05, 0.1) is 18.2 Å². The van der Waals surface area contributed by atoms with E-state index in [1.54, 1.807) is 11.3 Å². The van der Waals surface area contributed by atoms with E-state index in [-0.39, 0.29) is 11.9 Å². The summed E-state index contributed by atoms with van der Waals surface area (Å²) < 4.78 is 0. The highest BCUT2D eigenvalue weighted by molar-refractivity contribution is 7.11. The van der Waals surface area contributed by atoms with E-state index in [0.29, 0.717) is 6.42 Å². The van der Waals surface area contributed by atoms with Crippen molar-refractivity contribution >= 4 is 17.2 Å². The smallest absolute Gasteiger partial charge is 0.227 e. The Hall–Kier alpha value is -1.72. The largest absolute Gasteiger partial charge is 0.349 e. The molecule has 1 amide bonds. The average Bonchev–Trinajstić information content (AvgIpc) is 2.90. The van der Waals surface area contributed by atoms with Crippen molar-refractivity contribution in [1.82, 2.24) is 15.6 Å². The molecule has 0 bridgehead atoms. The van der Waals surface area contributed by atoms with Crippen molar-refractivity contribution in [1.29, 1.82) is 0 Å². The van der Waals surface area contributed by atoms with E-state index in [2.05, 4.69) is 15.6 Å². The van der Waals surface area contributed by atoms with Crippen LogP contribution in [0.25, 0.3) is 0 Å². The lowest BCUT2D eigenvalue weighted by Gasteiger charge is -2.13. The molecule has 1 aromatic heterocycles. The van der Waals surface area contributed by atoms with E-state index < -0.39 is 0 Å². The molecule has 0 radical (unpaired) electrons. The van der Waals surface area contributed by atoms with Gasteiger partial charge in [0, 0.05) is 24.4 Å². The van der Waals surface area contributed by atoms with Crippen LogP contribution >= 0.6 is 11.3 Å². The number of nitrogens with zero attached hydrogens (tertiary/aromatic N) is 1. The zero-order chi connectivity index (χ0) is 14.7. The van der Waals surface area contributed by atoms with Crippen LogP contribution in [0.2, 0.25) is 0 Å². The highest BCUT2D eigenvalue weighted by Crippen LogP contribution is 2.22. The molecule has 1 atom stereocenters. The van der Waals surface area contributed by atoms with Crippen molar-refractivity contribution < 1.29 is 4.79 Å². The van der Waals surface area contributed by atoms with Crippen molar-refractivity contribution in [2.75, 3.05) is 6.54 Å². The molecule has 0 fully saturated rings. The van der Waals surface area contributed by atoms with E-state index in [0.717, 1.165) is 35.8 Å². The first-order chi connectivity index (χ1) is 10.2. The Labute approximate surface area is 128 Å². The standard InChI is InChI=1S/C16H19N3OS/c1-11(12-5-3-2-4-6-12)18-15(20)9-16-19-13-7-8-17-10-14(13)21-16/h2-6,11,17H,7-10H2,1H3,(H,18,20). The summed E-state index contributed by atoms with van der Waals surface area (Å²) >= 11 is 1.65. The SMILES string of the molecule is CC(NC(=O)Cc1nc2c(s1)CNCC2)c1ccccc1. The van der Waals surface area contributed by atoms with Crippen LogP contribution < -0.4 is 10.6 Å². The van der Waals surface area contributed by atoms with Crippen molar-refractivity contribution in [3.05, 3.63) is 51.5 Å². The van der Waals surface area contributed by atoms with Gasteiger partial charge >= 0.3 is 0 Å². The highest BCUT2D eigenvalue weighted by Gasteiger charge is 2.17. The molecular formula is C16H19N3OS. The molecule has 0 saturated heterocycles. The minimum atomic E-state index is 0.0231. The van der Waals surface area contributed by atoms with Crippen LogP contribution in [-0.4, -0.2) is 17.4 Å². The number of rotatable bonds is 4. The van der Waals surface area contributed by atoms with Gasteiger partial charge in [0.1, 0.15) is 5.01 Å². The fraction of sp³-hybridized carbons (Fsp3) is 0.375. The summed E-state index contributed by atoms with van der Waals surface area (Å²) in [6, 6.07) is 10.0. The van der Waals surface area contributed by atoms with Crippen LogP contribution in [0, 0.1) is 0 Å². The molecule has 0 aliphatic carbocycles. The number of amides is 1. The summed E-state index contributed by atoms with van der Waals surface area (Å²) in [5, 5.41) is 7.29. The molecule has 2 aromatic rings. The molecule has 1 unspecified atom stereocenters. The first kappa shape index (κ1) is 14.2. The van der Waals surface area contributed by atoms with Gasteiger partial charge < -0.3 is 10.6 Å². The van der Waals surface area contributed by atoms with Crippen LogP contribution in [0.5, 0.6) is 0 Å². The zero-order valence-electron chi connectivity index (χ0n) is 12.1. The Bertz CT molecular complexity index is 600. The fourth-order valence-electron chi connectivity index (χ4n) is 2.51. The second-order valence-corrected chi connectivity index (χ2v) is 6.45. The third-order valence-electron chi connectivity index (χ3n) is 3.64. The van der Waals surface area contributed by atoms with Gasteiger partial charge in [0.15, 0.2) is 0 Å².